The number of nitrogens with one attached hydrogen (secondary N) is 4. The molecule has 0 fully saturated rings. The normalized spacial score (nSPS) is 16.0. The van der Waals surface area contributed by atoms with Crippen molar-refractivity contribution in [2.45, 2.75) is 57.2 Å². The van der Waals surface area contributed by atoms with Gasteiger partial charge < -0.3 is 32.7 Å². The number of aliphatic imine (C=N–C) groups is 1. The van der Waals surface area contributed by atoms with Gasteiger partial charge in [-0.1, -0.05) is 129 Å². The van der Waals surface area contributed by atoms with Crippen molar-refractivity contribution >= 4 is 23.9 Å². The lowest BCUT2D eigenvalue weighted by Gasteiger charge is -2.31. The number of benzene rings is 3. The summed E-state index contributed by atoms with van der Waals surface area (Å²) in [4.78, 5) is 4.71. The molecule has 8 heteroatoms. The van der Waals surface area contributed by atoms with Gasteiger partial charge in [0, 0.05) is 54.6 Å². The van der Waals surface area contributed by atoms with E-state index in [0.717, 1.165) is 72.7 Å². The largest absolute Gasteiger partial charge is 0.405 e. The molecule has 0 saturated heterocycles. The van der Waals surface area contributed by atoms with Gasteiger partial charge in [0.15, 0.2) is 0 Å². The first-order valence-electron chi connectivity index (χ1n) is 19.5. The lowest BCUT2D eigenvalue weighted by molar-refractivity contribution is 0.469. The predicted octanol–water partition coefficient (Wildman–Crippen LogP) is 8.38. The third-order valence-corrected chi connectivity index (χ3v) is 10.3. The molecule has 2 aliphatic carbocycles. The van der Waals surface area contributed by atoms with Crippen molar-refractivity contribution in [3.05, 3.63) is 187 Å². The third-order valence-electron chi connectivity index (χ3n) is 9.88. The molecule has 7 nitrogen and oxygen atoms in total. The SMILES string of the molecule is C=C1C(NCCC(CC2=CC=C(c3ccccc3)CC2)NC(=C)C(Cc2ccc(-c3ccccc3)cc2)NC(=C)C(N)CS)=CC=C(NC)C1=NCC.C=CN. The summed E-state index contributed by atoms with van der Waals surface area (Å²) in [6.45, 7) is 19.9. The van der Waals surface area contributed by atoms with Crippen molar-refractivity contribution in [1.29, 1.82) is 0 Å². The molecule has 0 saturated carbocycles. The zero-order chi connectivity index (χ0) is 40.3. The number of allylic oxidation sites excluding steroid dienone is 7. The monoisotopic (exact) mass is 767 g/mol. The summed E-state index contributed by atoms with van der Waals surface area (Å²) >= 11 is 4.44. The first-order valence-corrected chi connectivity index (χ1v) is 20.1. The predicted molar refractivity (Wildman–Crippen MR) is 245 cm³/mol. The second-order valence-corrected chi connectivity index (χ2v) is 14.3. The highest BCUT2D eigenvalue weighted by atomic mass is 32.1. The molecule has 0 heterocycles. The summed E-state index contributed by atoms with van der Waals surface area (Å²) in [5.41, 5.74) is 24.1. The van der Waals surface area contributed by atoms with Crippen LogP contribution in [0.2, 0.25) is 0 Å². The molecule has 56 heavy (non-hydrogen) atoms. The van der Waals surface area contributed by atoms with Gasteiger partial charge in [-0.05, 0) is 85.2 Å². The maximum atomic E-state index is 6.38. The van der Waals surface area contributed by atoms with Crippen LogP contribution in [-0.2, 0) is 6.42 Å². The Kier molecular flexibility index (Phi) is 17.6. The fraction of sp³-hybridized carbons (Fsp3) is 0.271. The Balaban J connectivity index is 0.00000225. The highest BCUT2D eigenvalue weighted by molar-refractivity contribution is 7.80. The fourth-order valence-corrected chi connectivity index (χ4v) is 6.99. The van der Waals surface area contributed by atoms with E-state index in [2.05, 4.69) is 169 Å². The average Bonchev–Trinajstić information content (AvgIpc) is 3.23. The molecular formula is C48H61N7S. The van der Waals surface area contributed by atoms with Crippen LogP contribution in [0.4, 0.5) is 0 Å². The van der Waals surface area contributed by atoms with Crippen LogP contribution < -0.4 is 32.7 Å². The van der Waals surface area contributed by atoms with Crippen LogP contribution >= 0.6 is 12.6 Å². The summed E-state index contributed by atoms with van der Waals surface area (Å²) in [7, 11) is 1.92. The number of nitrogens with zero attached hydrogens (tertiary/aromatic N) is 1. The maximum absolute atomic E-state index is 6.38. The average molecular weight is 768 g/mol. The summed E-state index contributed by atoms with van der Waals surface area (Å²) in [5.74, 6) is 0.502. The smallest absolute Gasteiger partial charge is 0.0892 e. The molecule has 0 spiro atoms. The quantitative estimate of drug-likeness (QED) is 0.0618. The lowest BCUT2D eigenvalue weighted by atomic mass is 9.89. The van der Waals surface area contributed by atoms with Crippen LogP contribution in [0.5, 0.6) is 0 Å². The molecule has 5 rings (SSSR count). The third kappa shape index (κ3) is 12.8. The Hall–Kier alpha value is -5.44. The highest BCUT2D eigenvalue weighted by Crippen LogP contribution is 2.29. The minimum Gasteiger partial charge on any atom is -0.405 e. The highest BCUT2D eigenvalue weighted by Gasteiger charge is 2.22. The molecule has 2 aliphatic rings. The summed E-state index contributed by atoms with van der Waals surface area (Å²) in [6, 6.07) is 29.6. The molecule has 0 aromatic heterocycles. The van der Waals surface area contributed by atoms with Crippen molar-refractivity contribution in [1.82, 2.24) is 21.3 Å². The van der Waals surface area contributed by atoms with Gasteiger partial charge in [0.25, 0.3) is 0 Å². The van der Waals surface area contributed by atoms with Crippen LogP contribution in [0.3, 0.4) is 0 Å². The van der Waals surface area contributed by atoms with Gasteiger partial charge in [-0.2, -0.15) is 12.6 Å². The number of thiol groups is 1. The Morgan fingerprint density at radius 1 is 0.821 bits per heavy atom. The van der Waals surface area contributed by atoms with Gasteiger partial charge in [0.1, 0.15) is 0 Å². The van der Waals surface area contributed by atoms with Crippen LogP contribution in [0.25, 0.3) is 16.7 Å². The fourth-order valence-electron chi connectivity index (χ4n) is 6.77. The molecule has 3 aromatic carbocycles. The van der Waals surface area contributed by atoms with E-state index in [4.69, 9.17) is 10.7 Å². The number of hydrogen-bond acceptors (Lipinski definition) is 8. The lowest BCUT2D eigenvalue weighted by Crippen LogP contribution is -2.45. The van der Waals surface area contributed by atoms with Crippen molar-refractivity contribution in [3.8, 4) is 11.1 Å². The van der Waals surface area contributed by atoms with E-state index in [-0.39, 0.29) is 18.1 Å². The van der Waals surface area contributed by atoms with Gasteiger partial charge in [-0.25, -0.2) is 0 Å². The number of rotatable bonds is 19. The first-order chi connectivity index (χ1) is 27.2. The molecule has 0 radical (unpaired) electrons. The molecule has 294 valence electrons. The van der Waals surface area contributed by atoms with E-state index in [0.29, 0.717) is 12.3 Å². The zero-order valence-corrected chi connectivity index (χ0v) is 34.1. The second-order valence-electron chi connectivity index (χ2n) is 13.9. The van der Waals surface area contributed by atoms with E-state index in [1.165, 1.54) is 39.6 Å². The standard InChI is InChI=1S/C46H56N6S.C2H5N/c1-6-49-46-32(2)43(25-26-44(46)48-5)50-28-27-41(29-35-17-21-39(22-18-35)37-13-9-7-10-14-37)51-34(4)45(52-33(3)42(47)31-53)30-36-19-23-40(24-20-36)38-15-11-8-12-16-38;1-2-3/h7-17,19-21,23-26,41-42,45,48,50-53H,2-4,6,18,22,27-31,47H2,1,5H3;2H,1,3H2. The minimum absolute atomic E-state index is 0.130. The minimum atomic E-state index is -0.275. The van der Waals surface area contributed by atoms with Crippen LogP contribution in [0, 0.1) is 0 Å². The maximum Gasteiger partial charge on any atom is 0.0892 e. The Bertz CT molecular complexity index is 1920. The van der Waals surface area contributed by atoms with E-state index in [9.17, 15) is 0 Å². The second kappa shape index (κ2) is 22.8. The van der Waals surface area contributed by atoms with E-state index in [1.807, 2.05) is 20.0 Å². The first kappa shape index (κ1) is 43.3. The van der Waals surface area contributed by atoms with Crippen molar-refractivity contribution in [2.75, 3.05) is 25.9 Å². The molecule has 8 N–H and O–H groups in total. The van der Waals surface area contributed by atoms with Gasteiger partial charge in [0.2, 0.25) is 0 Å². The molecule has 0 amide bonds. The molecule has 0 bridgehead atoms. The van der Waals surface area contributed by atoms with Crippen LogP contribution in [-0.4, -0.2) is 49.7 Å². The number of nitrogens with two attached hydrogens (primary N) is 2. The van der Waals surface area contributed by atoms with Gasteiger partial charge in [-0.15, -0.1) is 0 Å². The van der Waals surface area contributed by atoms with Crippen LogP contribution in [0.1, 0.15) is 43.7 Å². The molecule has 0 aliphatic heterocycles. The molecule has 3 aromatic rings. The summed E-state index contributed by atoms with van der Waals surface area (Å²) < 4.78 is 0. The molecular weight excluding hydrogens is 707 g/mol. The van der Waals surface area contributed by atoms with Crippen molar-refractivity contribution in [3.63, 3.8) is 0 Å². The van der Waals surface area contributed by atoms with Crippen LogP contribution in [0.15, 0.2) is 181 Å². The Labute approximate surface area is 341 Å². The molecule has 3 unspecified atom stereocenters. The topological polar surface area (TPSA) is 113 Å². The van der Waals surface area contributed by atoms with Gasteiger partial charge in [-0.3, -0.25) is 4.99 Å². The van der Waals surface area contributed by atoms with Gasteiger partial charge in [0.05, 0.1) is 23.5 Å². The van der Waals surface area contributed by atoms with Crippen molar-refractivity contribution < 1.29 is 0 Å². The summed E-state index contributed by atoms with van der Waals surface area (Å²) in [6.07, 6.45) is 14.6. The molecule has 3 atom stereocenters. The summed E-state index contributed by atoms with van der Waals surface area (Å²) in [5, 5.41) is 14.4. The van der Waals surface area contributed by atoms with Crippen molar-refractivity contribution in [2.24, 2.45) is 16.5 Å². The zero-order valence-electron chi connectivity index (χ0n) is 33.2. The van der Waals surface area contributed by atoms with E-state index < -0.39 is 0 Å². The van der Waals surface area contributed by atoms with E-state index in [1.54, 1.807) is 0 Å². The van der Waals surface area contributed by atoms with E-state index >= 15 is 0 Å². The number of hydrogen-bond donors (Lipinski definition) is 7. The van der Waals surface area contributed by atoms with Gasteiger partial charge >= 0.3 is 0 Å². The Morgan fingerprint density at radius 3 is 2.04 bits per heavy atom. The Morgan fingerprint density at radius 2 is 1.45 bits per heavy atom.